The Balaban J connectivity index is 1.12. The SMILES string of the molecule is CCCCCCc1cc(-n2c3ccccc3c3cc(-c4cc5c(c6ccccc46)c4ccccc4n5-c4cc(CCCCCC)c(B5OC(C)(C)C(C)(C)O5)cc4CCCCCC)ccc32)c(CCCCCC)cc1B1OC(C)(C)C(C)(C)O1. The van der Waals surface area contributed by atoms with Crippen molar-refractivity contribution in [3.63, 3.8) is 0 Å². The zero-order valence-electron chi connectivity index (χ0n) is 53.4. The van der Waals surface area contributed by atoms with Crippen molar-refractivity contribution in [3.05, 3.63) is 144 Å². The summed E-state index contributed by atoms with van der Waals surface area (Å²) in [7, 11) is -0.841. The van der Waals surface area contributed by atoms with Crippen molar-refractivity contribution in [2.24, 2.45) is 0 Å². The summed E-state index contributed by atoms with van der Waals surface area (Å²) in [6, 6.07) is 47.4. The Labute approximate surface area is 504 Å². The van der Waals surface area contributed by atoms with Crippen LogP contribution in [0.4, 0.5) is 0 Å². The number of aryl methyl sites for hydroxylation is 4. The molecule has 11 rings (SSSR count). The first-order valence-corrected chi connectivity index (χ1v) is 33.0. The Morgan fingerprint density at radius 2 is 0.714 bits per heavy atom. The summed E-state index contributed by atoms with van der Waals surface area (Å²) in [6.07, 6.45) is 23.1. The van der Waals surface area contributed by atoms with Crippen LogP contribution in [0.1, 0.15) is 208 Å². The molecular formula is C76H96B2N2O4. The number of hydrogen-bond acceptors (Lipinski definition) is 4. The molecule has 6 nitrogen and oxygen atoms in total. The third-order valence-corrected chi connectivity index (χ3v) is 20.0. The molecule has 0 unspecified atom stereocenters. The fourth-order valence-electron chi connectivity index (χ4n) is 13.7. The molecule has 2 fully saturated rings. The second kappa shape index (κ2) is 25.0. The van der Waals surface area contributed by atoms with Gasteiger partial charge in [-0.25, -0.2) is 0 Å². The van der Waals surface area contributed by atoms with Crippen LogP contribution >= 0.6 is 0 Å². The lowest BCUT2D eigenvalue weighted by atomic mass is 9.73. The number of para-hydroxylation sites is 2. The second-order valence-corrected chi connectivity index (χ2v) is 27.1. The molecule has 9 aromatic rings. The van der Waals surface area contributed by atoms with Gasteiger partial charge >= 0.3 is 14.2 Å². The lowest BCUT2D eigenvalue weighted by Gasteiger charge is -2.32. The lowest BCUT2D eigenvalue weighted by molar-refractivity contribution is 0.00578. The zero-order valence-corrected chi connectivity index (χ0v) is 53.4. The number of unbranched alkanes of at least 4 members (excludes halogenated alkanes) is 12. The minimum absolute atomic E-state index is 0.415. The van der Waals surface area contributed by atoms with Gasteiger partial charge < -0.3 is 27.8 Å². The zero-order chi connectivity index (χ0) is 59.0. The first-order chi connectivity index (χ1) is 40.5. The molecule has 0 aliphatic carbocycles. The molecule has 7 aromatic carbocycles. The predicted molar refractivity (Wildman–Crippen MR) is 361 cm³/mol. The third kappa shape index (κ3) is 11.5. The van der Waals surface area contributed by atoms with Crippen molar-refractivity contribution >= 4 is 79.5 Å². The maximum atomic E-state index is 6.94. The first-order valence-electron chi connectivity index (χ1n) is 33.0. The third-order valence-electron chi connectivity index (χ3n) is 20.0. The molecule has 0 saturated carbocycles. The van der Waals surface area contributed by atoms with Gasteiger partial charge in [0, 0.05) is 32.9 Å². The van der Waals surface area contributed by atoms with Gasteiger partial charge in [-0.05, 0) is 204 Å². The topological polar surface area (TPSA) is 46.8 Å². The number of fused-ring (bicyclic) bond motifs is 8. The van der Waals surface area contributed by atoms with Gasteiger partial charge in [-0.1, -0.05) is 184 Å². The molecule has 2 aliphatic heterocycles. The Morgan fingerprint density at radius 1 is 0.333 bits per heavy atom. The van der Waals surface area contributed by atoms with Crippen LogP contribution in [0, 0.1) is 0 Å². The van der Waals surface area contributed by atoms with Crippen LogP contribution in [0.15, 0.2) is 121 Å². The van der Waals surface area contributed by atoms with Gasteiger partial charge in [0.1, 0.15) is 0 Å². The molecule has 84 heavy (non-hydrogen) atoms. The standard InChI is InChI=1S/C76H96B2N2O4/c1-13-17-21-25-35-54-50-69(56(37-27-23-19-15-3)48-64(54)77-81-73(5,6)74(7,8)82-77)79-66-43-33-31-40-59(66)63-47-53(45-46-68(63)79)62-52-71-72(60-41-30-29-39-58(60)62)61-42-32-34-44-67(61)80(71)70-51-55(36-26-22-18-14-2)65(49-57(70)38-28-24-20-16-4)78-83-75(9,10)76(11,12)84-78/h29-34,39-52H,13-28,35-38H2,1-12H3. The summed E-state index contributed by atoms with van der Waals surface area (Å²) in [6.45, 7) is 26.7. The minimum Gasteiger partial charge on any atom is -0.399 e. The van der Waals surface area contributed by atoms with E-state index in [0.29, 0.717) is 0 Å². The van der Waals surface area contributed by atoms with E-state index in [1.165, 1.54) is 187 Å². The van der Waals surface area contributed by atoms with E-state index in [1.807, 2.05) is 0 Å². The largest absolute Gasteiger partial charge is 0.495 e. The number of hydrogen-bond donors (Lipinski definition) is 0. The number of nitrogens with zero attached hydrogens (tertiary/aromatic N) is 2. The molecule has 0 amide bonds. The maximum Gasteiger partial charge on any atom is 0.495 e. The van der Waals surface area contributed by atoms with Crippen molar-refractivity contribution in [1.29, 1.82) is 0 Å². The van der Waals surface area contributed by atoms with E-state index >= 15 is 0 Å². The van der Waals surface area contributed by atoms with Crippen molar-refractivity contribution in [2.75, 3.05) is 0 Å². The maximum absolute atomic E-state index is 6.94. The molecule has 2 saturated heterocycles. The van der Waals surface area contributed by atoms with Crippen molar-refractivity contribution in [3.8, 4) is 22.5 Å². The molecule has 0 N–H and O–H groups in total. The van der Waals surface area contributed by atoms with Gasteiger partial charge in [0.25, 0.3) is 0 Å². The van der Waals surface area contributed by atoms with Crippen LogP contribution in [0.25, 0.3) is 76.9 Å². The molecule has 0 bridgehead atoms. The number of rotatable bonds is 25. The molecule has 440 valence electrons. The van der Waals surface area contributed by atoms with Gasteiger partial charge in [0.15, 0.2) is 0 Å². The average Bonchev–Trinajstić information content (AvgIpc) is 2.11. The molecule has 4 heterocycles. The Morgan fingerprint density at radius 3 is 1.18 bits per heavy atom. The quantitative estimate of drug-likeness (QED) is 0.0423. The number of benzene rings is 7. The van der Waals surface area contributed by atoms with Crippen LogP contribution < -0.4 is 10.9 Å². The molecular weight excluding hydrogens is 1030 g/mol. The first kappa shape index (κ1) is 60.1. The molecule has 8 heteroatoms. The van der Waals surface area contributed by atoms with Gasteiger partial charge in [-0.2, -0.15) is 0 Å². The van der Waals surface area contributed by atoms with Crippen LogP contribution in [0.2, 0.25) is 0 Å². The molecule has 2 aliphatic rings. The van der Waals surface area contributed by atoms with E-state index in [2.05, 4.69) is 214 Å². The van der Waals surface area contributed by atoms with Gasteiger partial charge in [0.2, 0.25) is 0 Å². The second-order valence-electron chi connectivity index (χ2n) is 27.1. The fourth-order valence-corrected chi connectivity index (χ4v) is 13.7. The summed E-state index contributed by atoms with van der Waals surface area (Å²) in [4.78, 5) is 0. The van der Waals surface area contributed by atoms with Crippen molar-refractivity contribution in [1.82, 2.24) is 9.13 Å². The predicted octanol–water partition coefficient (Wildman–Crippen LogP) is 19.8. The van der Waals surface area contributed by atoms with E-state index in [4.69, 9.17) is 18.6 Å². The van der Waals surface area contributed by atoms with Crippen LogP contribution in [0.5, 0.6) is 0 Å². The van der Waals surface area contributed by atoms with Crippen molar-refractivity contribution < 1.29 is 18.6 Å². The van der Waals surface area contributed by atoms with Crippen LogP contribution in [-0.4, -0.2) is 45.8 Å². The van der Waals surface area contributed by atoms with Gasteiger partial charge in [0.05, 0.1) is 44.5 Å². The normalized spacial score (nSPS) is 16.5. The highest BCUT2D eigenvalue weighted by Crippen LogP contribution is 2.45. The average molecular weight is 1120 g/mol. The van der Waals surface area contributed by atoms with E-state index < -0.39 is 36.6 Å². The van der Waals surface area contributed by atoms with E-state index in [9.17, 15) is 0 Å². The lowest BCUT2D eigenvalue weighted by Crippen LogP contribution is -2.41. The van der Waals surface area contributed by atoms with Crippen molar-refractivity contribution in [2.45, 2.75) is 234 Å². The van der Waals surface area contributed by atoms with Gasteiger partial charge in [-0.3, -0.25) is 0 Å². The Hall–Kier alpha value is -5.63. The summed E-state index contributed by atoms with van der Waals surface area (Å²) < 4.78 is 32.9. The number of aromatic nitrogens is 2. The van der Waals surface area contributed by atoms with Crippen LogP contribution in [0.3, 0.4) is 0 Å². The Bertz CT molecular complexity index is 3770. The molecule has 0 radical (unpaired) electrons. The van der Waals surface area contributed by atoms with E-state index in [-0.39, 0.29) is 0 Å². The smallest absolute Gasteiger partial charge is 0.399 e. The summed E-state index contributed by atoms with van der Waals surface area (Å²) in [5.41, 5.74) is 16.1. The monoisotopic (exact) mass is 1120 g/mol. The summed E-state index contributed by atoms with van der Waals surface area (Å²) in [5.74, 6) is 0. The van der Waals surface area contributed by atoms with E-state index in [1.54, 1.807) is 0 Å². The minimum atomic E-state index is -0.436. The highest BCUT2D eigenvalue weighted by atomic mass is 16.7. The van der Waals surface area contributed by atoms with E-state index in [0.717, 1.165) is 51.4 Å². The summed E-state index contributed by atoms with van der Waals surface area (Å²) >= 11 is 0. The fraction of sp³-hybridized carbons (Fsp3) is 0.474. The van der Waals surface area contributed by atoms with Gasteiger partial charge in [-0.15, -0.1) is 0 Å². The Kier molecular flexibility index (Phi) is 17.9. The molecule has 2 aromatic heterocycles. The molecule has 0 spiro atoms. The molecule has 0 atom stereocenters. The summed E-state index contributed by atoms with van der Waals surface area (Å²) in [5, 5.41) is 7.67. The highest BCUT2D eigenvalue weighted by molar-refractivity contribution is 6.63. The highest BCUT2D eigenvalue weighted by Gasteiger charge is 2.53. The van der Waals surface area contributed by atoms with Crippen LogP contribution in [-0.2, 0) is 44.3 Å².